The maximum atomic E-state index is 12.8. The van der Waals surface area contributed by atoms with Crippen LogP contribution < -0.4 is 4.90 Å². The molecule has 2 atom stereocenters. The summed E-state index contributed by atoms with van der Waals surface area (Å²) >= 11 is 3.38. The Morgan fingerprint density at radius 1 is 1.11 bits per heavy atom. The molecule has 0 aliphatic carbocycles. The summed E-state index contributed by atoms with van der Waals surface area (Å²) in [5.74, 6) is 2.71. The standard InChI is InChI=1S/C18H18BrN7O/c1-11-21-22-16-2-3-17(23-26(11)16)24-7-13-9-25(10-14(13)8-24)18(27)12-4-15(19)6-20-5-12/h2-6,13-14H,7-10H2,1H3. The molecule has 2 unspecified atom stereocenters. The van der Waals surface area contributed by atoms with E-state index in [-0.39, 0.29) is 5.91 Å². The van der Waals surface area contributed by atoms with Crippen LogP contribution >= 0.6 is 15.9 Å². The first-order valence-electron chi connectivity index (χ1n) is 8.92. The van der Waals surface area contributed by atoms with Gasteiger partial charge in [-0.25, -0.2) is 0 Å². The largest absolute Gasteiger partial charge is 0.354 e. The molecule has 27 heavy (non-hydrogen) atoms. The molecule has 0 radical (unpaired) electrons. The van der Waals surface area contributed by atoms with Gasteiger partial charge in [-0.15, -0.1) is 15.3 Å². The van der Waals surface area contributed by atoms with Crippen LogP contribution in [-0.4, -0.2) is 61.8 Å². The number of amides is 1. The van der Waals surface area contributed by atoms with E-state index in [0.717, 1.165) is 47.9 Å². The van der Waals surface area contributed by atoms with Gasteiger partial charge in [-0.1, -0.05) is 0 Å². The zero-order valence-corrected chi connectivity index (χ0v) is 16.4. The molecule has 2 aliphatic rings. The first-order chi connectivity index (χ1) is 13.1. The summed E-state index contributed by atoms with van der Waals surface area (Å²) in [4.78, 5) is 21.1. The molecule has 0 N–H and O–H groups in total. The number of fused-ring (bicyclic) bond motifs is 2. The second-order valence-electron chi connectivity index (χ2n) is 7.24. The van der Waals surface area contributed by atoms with E-state index >= 15 is 0 Å². The predicted octanol–water partition coefficient (Wildman–Crippen LogP) is 1.80. The van der Waals surface area contributed by atoms with E-state index in [1.54, 1.807) is 16.9 Å². The Bertz CT molecular complexity index is 1020. The smallest absolute Gasteiger partial charge is 0.255 e. The maximum absolute atomic E-state index is 12.8. The number of nitrogens with zero attached hydrogens (tertiary/aromatic N) is 7. The first-order valence-corrected chi connectivity index (χ1v) is 9.71. The summed E-state index contributed by atoms with van der Waals surface area (Å²) in [6, 6.07) is 5.78. The van der Waals surface area contributed by atoms with Gasteiger partial charge >= 0.3 is 0 Å². The van der Waals surface area contributed by atoms with E-state index in [9.17, 15) is 4.79 Å². The number of halogens is 1. The van der Waals surface area contributed by atoms with Crippen molar-refractivity contribution in [2.45, 2.75) is 6.92 Å². The molecule has 2 saturated heterocycles. The van der Waals surface area contributed by atoms with Crippen molar-refractivity contribution in [3.05, 3.63) is 46.5 Å². The van der Waals surface area contributed by atoms with Gasteiger partial charge in [-0.2, -0.15) is 4.52 Å². The van der Waals surface area contributed by atoms with E-state index in [1.165, 1.54) is 0 Å². The monoisotopic (exact) mass is 427 g/mol. The van der Waals surface area contributed by atoms with Crippen molar-refractivity contribution in [3.63, 3.8) is 0 Å². The Hall–Kier alpha value is -2.55. The highest BCUT2D eigenvalue weighted by Gasteiger charge is 2.42. The average molecular weight is 428 g/mol. The van der Waals surface area contributed by atoms with Gasteiger partial charge in [0.15, 0.2) is 11.5 Å². The van der Waals surface area contributed by atoms with Crippen LogP contribution in [0.1, 0.15) is 16.2 Å². The van der Waals surface area contributed by atoms with E-state index in [2.05, 4.69) is 41.1 Å². The number of aromatic nitrogens is 5. The molecule has 3 aromatic heterocycles. The van der Waals surface area contributed by atoms with Crippen molar-refractivity contribution in [1.29, 1.82) is 0 Å². The van der Waals surface area contributed by atoms with E-state index in [0.29, 0.717) is 17.4 Å². The molecule has 8 nitrogen and oxygen atoms in total. The third kappa shape index (κ3) is 2.86. The van der Waals surface area contributed by atoms with Crippen LogP contribution in [0.3, 0.4) is 0 Å². The molecule has 2 aliphatic heterocycles. The minimum Gasteiger partial charge on any atom is -0.354 e. The topological polar surface area (TPSA) is 79.5 Å². The zero-order valence-electron chi connectivity index (χ0n) is 14.8. The number of hydrogen-bond donors (Lipinski definition) is 0. The normalized spacial score (nSPS) is 21.9. The summed E-state index contributed by atoms with van der Waals surface area (Å²) < 4.78 is 2.60. The third-order valence-electron chi connectivity index (χ3n) is 5.45. The number of pyridine rings is 1. The van der Waals surface area contributed by atoms with E-state index in [1.807, 2.05) is 30.0 Å². The van der Waals surface area contributed by atoms with Gasteiger partial charge < -0.3 is 9.80 Å². The molecule has 0 bridgehead atoms. The van der Waals surface area contributed by atoms with Crippen molar-refractivity contribution >= 4 is 33.3 Å². The lowest BCUT2D eigenvalue weighted by atomic mass is 10.0. The Kier molecular flexibility index (Phi) is 3.85. The van der Waals surface area contributed by atoms with Crippen LogP contribution in [0.25, 0.3) is 5.65 Å². The molecule has 1 amide bonds. The molecule has 2 fully saturated rings. The van der Waals surface area contributed by atoms with Gasteiger partial charge in [0.2, 0.25) is 0 Å². The van der Waals surface area contributed by atoms with Gasteiger partial charge in [-0.05, 0) is 41.1 Å². The van der Waals surface area contributed by atoms with Crippen LogP contribution in [0, 0.1) is 18.8 Å². The van der Waals surface area contributed by atoms with Crippen LogP contribution in [0.15, 0.2) is 35.1 Å². The molecular formula is C18H18BrN7O. The molecule has 0 saturated carbocycles. The van der Waals surface area contributed by atoms with Crippen molar-refractivity contribution in [3.8, 4) is 0 Å². The number of anilines is 1. The summed E-state index contributed by atoms with van der Waals surface area (Å²) in [5.41, 5.74) is 1.39. The Labute approximate surface area is 164 Å². The van der Waals surface area contributed by atoms with Gasteiger partial charge in [0.05, 0.1) is 5.56 Å². The quantitative estimate of drug-likeness (QED) is 0.620. The van der Waals surface area contributed by atoms with Gasteiger partial charge in [0.25, 0.3) is 5.91 Å². The number of hydrogen-bond acceptors (Lipinski definition) is 6. The van der Waals surface area contributed by atoms with Crippen LogP contribution in [0.4, 0.5) is 5.82 Å². The Morgan fingerprint density at radius 3 is 2.63 bits per heavy atom. The highest BCUT2D eigenvalue weighted by Crippen LogP contribution is 2.34. The molecule has 5 rings (SSSR count). The van der Waals surface area contributed by atoms with Gasteiger partial charge in [0, 0.05) is 54.9 Å². The van der Waals surface area contributed by atoms with E-state index in [4.69, 9.17) is 0 Å². The summed E-state index contributed by atoms with van der Waals surface area (Å²) in [6.45, 7) is 5.27. The average Bonchev–Trinajstić information content (AvgIpc) is 3.34. The molecule has 0 aromatic carbocycles. The molecular weight excluding hydrogens is 410 g/mol. The predicted molar refractivity (Wildman–Crippen MR) is 103 cm³/mol. The Morgan fingerprint density at radius 2 is 1.89 bits per heavy atom. The lowest BCUT2D eigenvalue weighted by Crippen LogP contribution is -2.33. The molecule has 3 aromatic rings. The number of aryl methyl sites for hydroxylation is 1. The summed E-state index contributed by atoms with van der Waals surface area (Å²) in [7, 11) is 0. The SMILES string of the molecule is Cc1nnc2ccc(N3CC4CN(C(=O)c5cncc(Br)c5)CC4C3)nn12. The van der Waals surface area contributed by atoms with Crippen LogP contribution in [0.5, 0.6) is 0 Å². The minimum absolute atomic E-state index is 0.0596. The van der Waals surface area contributed by atoms with Crippen LogP contribution in [-0.2, 0) is 0 Å². The highest BCUT2D eigenvalue weighted by molar-refractivity contribution is 9.10. The molecule has 138 valence electrons. The maximum Gasteiger partial charge on any atom is 0.255 e. The minimum atomic E-state index is 0.0596. The van der Waals surface area contributed by atoms with E-state index < -0.39 is 0 Å². The number of rotatable bonds is 2. The van der Waals surface area contributed by atoms with Gasteiger partial charge in [0.1, 0.15) is 5.82 Å². The zero-order chi connectivity index (χ0) is 18.5. The lowest BCUT2D eigenvalue weighted by molar-refractivity contribution is 0.0782. The number of carbonyl (C=O) groups is 1. The number of carbonyl (C=O) groups excluding carboxylic acids is 1. The summed E-state index contributed by atoms with van der Waals surface area (Å²) in [5, 5.41) is 12.8. The first kappa shape index (κ1) is 16.6. The third-order valence-corrected chi connectivity index (χ3v) is 5.89. The fourth-order valence-electron chi connectivity index (χ4n) is 4.11. The lowest BCUT2D eigenvalue weighted by Gasteiger charge is -2.22. The highest BCUT2D eigenvalue weighted by atomic mass is 79.9. The van der Waals surface area contributed by atoms with Gasteiger partial charge in [-0.3, -0.25) is 9.78 Å². The second kappa shape index (κ2) is 6.26. The summed E-state index contributed by atoms with van der Waals surface area (Å²) in [6.07, 6.45) is 3.32. The van der Waals surface area contributed by atoms with Crippen molar-refractivity contribution < 1.29 is 4.79 Å². The van der Waals surface area contributed by atoms with Crippen molar-refractivity contribution in [2.24, 2.45) is 11.8 Å². The molecule has 0 spiro atoms. The molecule has 9 heteroatoms. The van der Waals surface area contributed by atoms with Crippen LogP contribution in [0.2, 0.25) is 0 Å². The van der Waals surface area contributed by atoms with Crippen molar-refractivity contribution in [2.75, 3.05) is 31.1 Å². The Balaban J connectivity index is 1.30. The number of likely N-dealkylation sites (tertiary alicyclic amines) is 1. The fourth-order valence-corrected chi connectivity index (χ4v) is 4.48. The second-order valence-corrected chi connectivity index (χ2v) is 8.15. The fraction of sp³-hybridized carbons (Fsp3) is 0.389. The molecule has 5 heterocycles. The van der Waals surface area contributed by atoms with Crippen molar-refractivity contribution in [1.82, 2.24) is 29.7 Å².